The number of hydrogen-bond acceptors (Lipinski definition) is 3. The van der Waals surface area contributed by atoms with Crippen LogP contribution >= 0.6 is 11.3 Å². The summed E-state index contributed by atoms with van der Waals surface area (Å²) < 4.78 is 0. The summed E-state index contributed by atoms with van der Waals surface area (Å²) >= 11 is 1.67. The Morgan fingerprint density at radius 2 is 2.07 bits per heavy atom. The molecule has 0 bridgehead atoms. The minimum Gasteiger partial charge on any atom is -0.350 e. The van der Waals surface area contributed by atoms with E-state index >= 15 is 0 Å². The summed E-state index contributed by atoms with van der Waals surface area (Å²) in [7, 11) is 0. The Bertz CT molecular complexity index is 770. The van der Waals surface area contributed by atoms with Gasteiger partial charge in [-0.25, -0.2) is 0 Å². The van der Waals surface area contributed by atoms with E-state index < -0.39 is 0 Å². The van der Waals surface area contributed by atoms with E-state index in [1.165, 1.54) is 16.0 Å². The Labute approximate surface area is 165 Å². The second-order valence-electron chi connectivity index (χ2n) is 7.53. The molecule has 0 aliphatic carbocycles. The third-order valence-electron chi connectivity index (χ3n) is 5.36. The molecule has 1 aromatic carbocycles. The SMILES string of the molecule is CC[C@H](NC(=O)CC[C@@]1(Cc2ccc(C)cc2)CCC(=O)N1)c1cccs1. The Morgan fingerprint density at radius 1 is 1.30 bits per heavy atom. The normalized spacial score (nSPS) is 20.3. The van der Waals surface area contributed by atoms with Crippen LogP contribution in [0.1, 0.15) is 61.1 Å². The predicted molar refractivity (Wildman–Crippen MR) is 110 cm³/mol. The van der Waals surface area contributed by atoms with E-state index in [9.17, 15) is 9.59 Å². The lowest BCUT2D eigenvalue weighted by Crippen LogP contribution is -2.44. The van der Waals surface area contributed by atoms with E-state index in [0.717, 1.165) is 19.3 Å². The molecule has 2 aromatic rings. The zero-order valence-corrected chi connectivity index (χ0v) is 16.9. The van der Waals surface area contributed by atoms with E-state index in [1.807, 2.05) is 11.4 Å². The van der Waals surface area contributed by atoms with Crippen LogP contribution < -0.4 is 10.6 Å². The summed E-state index contributed by atoms with van der Waals surface area (Å²) in [6.07, 6.45) is 4.06. The number of benzene rings is 1. The van der Waals surface area contributed by atoms with Crippen molar-refractivity contribution in [3.05, 3.63) is 57.8 Å². The van der Waals surface area contributed by atoms with Gasteiger partial charge in [0.2, 0.25) is 11.8 Å². The van der Waals surface area contributed by atoms with E-state index in [1.54, 1.807) is 11.3 Å². The quantitative estimate of drug-likeness (QED) is 0.713. The maximum absolute atomic E-state index is 12.6. The molecule has 1 aromatic heterocycles. The molecule has 1 aliphatic rings. The van der Waals surface area contributed by atoms with Crippen LogP contribution in [-0.4, -0.2) is 17.4 Å². The average molecular weight is 385 g/mol. The molecule has 0 radical (unpaired) electrons. The third-order valence-corrected chi connectivity index (χ3v) is 6.35. The van der Waals surface area contributed by atoms with Crippen LogP contribution in [0.3, 0.4) is 0 Å². The number of carbonyl (C=O) groups is 2. The minimum absolute atomic E-state index is 0.0553. The predicted octanol–water partition coefficient (Wildman–Crippen LogP) is 4.30. The first-order valence-corrected chi connectivity index (χ1v) is 10.6. The van der Waals surface area contributed by atoms with Gasteiger partial charge >= 0.3 is 0 Å². The molecule has 4 nitrogen and oxygen atoms in total. The van der Waals surface area contributed by atoms with Crippen LogP contribution in [0.15, 0.2) is 41.8 Å². The van der Waals surface area contributed by atoms with Gasteiger partial charge in [-0.05, 0) is 49.6 Å². The van der Waals surface area contributed by atoms with Crippen molar-refractivity contribution in [2.24, 2.45) is 0 Å². The Kier molecular flexibility index (Phi) is 6.32. The largest absolute Gasteiger partial charge is 0.350 e. The van der Waals surface area contributed by atoms with Crippen LogP contribution in [-0.2, 0) is 16.0 Å². The molecule has 1 saturated heterocycles. The third kappa shape index (κ3) is 5.19. The standard InChI is InChI=1S/C22H28N2O2S/c1-3-18(19-5-4-14-27-19)23-20(25)10-12-22(13-11-21(26)24-22)15-17-8-6-16(2)7-9-17/h4-9,14,18H,3,10-13,15H2,1-2H3,(H,23,25)(H,24,26)/t18-,22-/m0/s1. The maximum atomic E-state index is 12.6. The molecule has 0 unspecified atom stereocenters. The number of hydrogen-bond donors (Lipinski definition) is 2. The number of nitrogens with one attached hydrogen (secondary N) is 2. The fourth-order valence-electron chi connectivity index (χ4n) is 3.76. The minimum atomic E-state index is -0.311. The molecule has 1 fully saturated rings. The smallest absolute Gasteiger partial charge is 0.220 e. The molecule has 5 heteroatoms. The van der Waals surface area contributed by atoms with Gasteiger partial charge in [0.1, 0.15) is 0 Å². The summed E-state index contributed by atoms with van der Waals surface area (Å²) in [4.78, 5) is 25.7. The second-order valence-corrected chi connectivity index (χ2v) is 8.51. The van der Waals surface area contributed by atoms with Gasteiger partial charge in [-0.2, -0.15) is 0 Å². The zero-order chi connectivity index (χ0) is 19.3. The second kappa shape index (κ2) is 8.70. The first kappa shape index (κ1) is 19.6. The molecule has 0 saturated carbocycles. The molecule has 27 heavy (non-hydrogen) atoms. The number of rotatable bonds is 8. The highest BCUT2D eigenvalue weighted by molar-refractivity contribution is 7.10. The van der Waals surface area contributed by atoms with E-state index in [0.29, 0.717) is 19.3 Å². The fraction of sp³-hybridized carbons (Fsp3) is 0.455. The molecule has 2 heterocycles. The molecule has 3 rings (SSSR count). The lowest BCUT2D eigenvalue weighted by Gasteiger charge is -2.29. The van der Waals surface area contributed by atoms with Gasteiger partial charge in [0.25, 0.3) is 0 Å². The van der Waals surface area contributed by atoms with E-state index in [4.69, 9.17) is 0 Å². The van der Waals surface area contributed by atoms with Crippen molar-refractivity contribution >= 4 is 23.2 Å². The summed E-state index contributed by atoms with van der Waals surface area (Å²) in [6, 6.07) is 12.6. The van der Waals surface area contributed by atoms with Gasteiger partial charge in [-0.3, -0.25) is 9.59 Å². The molecule has 144 valence electrons. The van der Waals surface area contributed by atoms with Gasteiger partial charge in [0.15, 0.2) is 0 Å². The zero-order valence-electron chi connectivity index (χ0n) is 16.1. The van der Waals surface area contributed by atoms with Crippen molar-refractivity contribution in [1.82, 2.24) is 10.6 Å². The Morgan fingerprint density at radius 3 is 2.67 bits per heavy atom. The Hall–Kier alpha value is -2.14. The highest BCUT2D eigenvalue weighted by Gasteiger charge is 2.37. The van der Waals surface area contributed by atoms with E-state index in [2.05, 4.69) is 54.8 Å². The molecule has 0 spiro atoms. The Balaban J connectivity index is 1.62. The van der Waals surface area contributed by atoms with Gasteiger partial charge in [0.05, 0.1) is 6.04 Å². The summed E-state index contributed by atoms with van der Waals surface area (Å²) in [5, 5.41) is 8.35. The maximum Gasteiger partial charge on any atom is 0.220 e. The van der Waals surface area contributed by atoms with Crippen molar-refractivity contribution < 1.29 is 9.59 Å². The van der Waals surface area contributed by atoms with Gasteiger partial charge < -0.3 is 10.6 Å². The topological polar surface area (TPSA) is 58.2 Å². The van der Waals surface area contributed by atoms with Crippen LogP contribution in [0.4, 0.5) is 0 Å². The van der Waals surface area contributed by atoms with Gasteiger partial charge in [-0.1, -0.05) is 42.8 Å². The van der Waals surface area contributed by atoms with Crippen molar-refractivity contribution in [3.63, 3.8) is 0 Å². The molecule has 2 atom stereocenters. The van der Waals surface area contributed by atoms with Crippen LogP contribution in [0.25, 0.3) is 0 Å². The average Bonchev–Trinajstić information content (AvgIpc) is 3.31. The number of thiophene rings is 1. The van der Waals surface area contributed by atoms with Crippen molar-refractivity contribution in [2.45, 2.75) is 64.0 Å². The summed E-state index contributed by atoms with van der Waals surface area (Å²) in [5.41, 5.74) is 2.11. The molecular weight excluding hydrogens is 356 g/mol. The lowest BCUT2D eigenvalue weighted by molar-refractivity contribution is -0.123. The first-order chi connectivity index (χ1) is 13.0. The van der Waals surface area contributed by atoms with Crippen LogP contribution in [0.2, 0.25) is 0 Å². The summed E-state index contributed by atoms with van der Waals surface area (Å²) in [6.45, 7) is 4.15. The summed E-state index contributed by atoms with van der Waals surface area (Å²) in [5.74, 6) is 0.146. The number of aryl methyl sites for hydroxylation is 1. The van der Waals surface area contributed by atoms with Crippen molar-refractivity contribution in [3.8, 4) is 0 Å². The number of amides is 2. The van der Waals surface area contributed by atoms with Crippen LogP contribution in [0, 0.1) is 6.92 Å². The fourth-order valence-corrected chi connectivity index (χ4v) is 4.62. The van der Waals surface area contributed by atoms with Crippen LogP contribution in [0.5, 0.6) is 0 Å². The molecule has 1 aliphatic heterocycles. The van der Waals surface area contributed by atoms with Gasteiger partial charge in [0, 0.05) is 23.3 Å². The lowest BCUT2D eigenvalue weighted by atomic mass is 9.84. The van der Waals surface area contributed by atoms with E-state index in [-0.39, 0.29) is 23.4 Å². The molecule has 2 N–H and O–H groups in total. The van der Waals surface area contributed by atoms with Gasteiger partial charge in [-0.15, -0.1) is 11.3 Å². The molecular formula is C22H28N2O2S. The monoisotopic (exact) mass is 384 g/mol. The first-order valence-electron chi connectivity index (χ1n) is 9.69. The van der Waals surface area contributed by atoms with Crippen molar-refractivity contribution in [2.75, 3.05) is 0 Å². The highest BCUT2D eigenvalue weighted by Crippen LogP contribution is 2.30. The highest BCUT2D eigenvalue weighted by atomic mass is 32.1. The van der Waals surface area contributed by atoms with Crippen molar-refractivity contribution in [1.29, 1.82) is 0 Å². The number of carbonyl (C=O) groups excluding carboxylic acids is 2. The molecule has 2 amide bonds.